The molecule has 0 radical (unpaired) electrons. The molecule has 0 heterocycles. The van der Waals surface area contributed by atoms with E-state index in [4.69, 9.17) is 10.5 Å². The van der Waals surface area contributed by atoms with Crippen LogP contribution in [0, 0.1) is 0 Å². The molecule has 0 atom stereocenters. The molecule has 1 aromatic carbocycles. The van der Waals surface area contributed by atoms with Crippen LogP contribution in [0.25, 0.3) is 0 Å². The highest BCUT2D eigenvalue weighted by molar-refractivity contribution is 7.90. The third-order valence-corrected chi connectivity index (χ3v) is 4.52. The average Bonchev–Trinajstić information content (AvgIpc) is 2.39. The van der Waals surface area contributed by atoms with Crippen LogP contribution < -0.4 is 14.8 Å². The molecule has 0 spiro atoms. The van der Waals surface area contributed by atoms with Crippen molar-refractivity contribution in [3.05, 3.63) is 24.3 Å². The molecule has 0 aliphatic heterocycles. The highest BCUT2D eigenvalue weighted by Crippen LogP contribution is 2.24. The Morgan fingerprint density at radius 1 is 1.32 bits per heavy atom. The normalized spacial score (nSPS) is 11.6. The lowest BCUT2D eigenvalue weighted by Gasteiger charge is -2.27. The van der Waals surface area contributed by atoms with E-state index >= 15 is 0 Å². The molecule has 0 fully saturated rings. The molecule has 6 nitrogen and oxygen atoms in total. The van der Waals surface area contributed by atoms with E-state index in [-0.39, 0.29) is 0 Å². The van der Waals surface area contributed by atoms with Crippen molar-refractivity contribution in [3.63, 3.8) is 0 Å². The van der Waals surface area contributed by atoms with Gasteiger partial charge in [0.15, 0.2) is 0 Å². The first-order valence-corrected chi connectivity index (χ1v) is 7.37. The summed E-state index contributed by atoms with van der Waals surface area (Å²) in [4.78, 5) is 0. The van der Waals surface area contributed by atoms with Gasteiger partial charge in [-0.1, -0.05) is 6.07 Å². The van der Waals surface area contributed by atoms with Crippen LogP contribution in [0.1, 0.15) is 6.42 Å². The topological polar surface area (TPSA) is 75.9 Å². The van der Waals surface area contributed by atoms with Crippen LogP contribution in [-0.2, 0) is 10.2 Å². The third-order valence-electron chi connectivity index (χ3n) is 2.65. The van der Waals surface area contributed by atoms with Gasteiger partial charge in [-0.25, -0.2) is 0 Å². The number of hydrogen-bond donors (Lipinski definition) is 1. The van der Waals surface area contributed by atoms with Crippen LogP contribution >= 0.6 is 0 Å². The highest BCUT2D eigenvalue weighted by Gasteiger charge is 2.24. The fourth-order valence-corrected chi connectivity index (χ4v) is 2.71. The summed E-state index contributed by atoms with van der Waals surface area (Å²) in [5, 5.41) is 0. The monoisotopic (exact) mass is 287 g/mol. The number of benzene rings is 1. The summed E-state index contributed by atoms with van der Waals surface area (Å²) in [6.45, 7) is 0.771. The second-order valence-electron chi connectivity index (χ2n) is 4.21. The van der Waals surface area contributed by atoms with E-state index in [1.165, 1.54) is 22.7 Å². The standard InChI is InChI=1S/C12H21N3O3S/c1-14(2)19(16,17)15(9-5-8-13)11-6-4-7-12(10-11)18-3/h4,6-7,10H,5,8-9,13H2,1-3H3. The Hall–Kier alpha value is -1.31. The summed E-state index contributed by atoms with van der Waals surface area (Å²) < 4.78 is 32.3. The van der Waals surface area contributed by atoms with E-state index in [1.54, 1.807) is 31.4 Å². The van der Waals surface area contributed by atoms with Crippen molar-refractivity contribution >= 4 is 15.9 Å². The maximum Gasteiger partial charge on any atom is 0.303 e. The maximum absolute atomic E-state index is 12.3. The van der Waals surface area contributed by atoms with E-state index in [9.17, 15) is 8.42 Å². The van der Waals surface area contributed by atoms with Crippen LogP contribution in [0.15, 0.2) is 24.3 Å². The second-order valence-corrected chi connectivity index (χ2v) is 6.27. The number of anilines is 1. The molecule has 0 aromatic heterocycles. The number of rotatable bonds is 7. The average molecular weight is 287 g/mol. The first-order chi connectivity index (χ1) is 8.93. The fraction of sp³-hybridized carbons (Fsp3) is 0.500. The summed E-state index contributed by atoms with van der Waals surface area (Å²) in [5.74, 6) is 0.615. The Morgan fingerprint density at radius 3 is 2.53 bits per heavy atom. The summed E-state index contributed by atoms with van der Waals surface area (Å²) in [5.41, 5.74) is 6.04. The van der Waals surface area contributed by atoms with Crippen molar-refractivity contribution in [2.75, 3.05) is 38.6 Å². The molecule has 1 rings (SSSR count). The molecular weight excluding hydrogens is 266 g/mol. The molecule has 7 heteroatoms. The molecule has 0 amide bonds. The molecule has 0 bridgehead atoms. The Balaban J connectivity index is 3.16. The molecule has 1 aromatic rings. The van der Waals surface area contributed by atoms with Crippen LogP contribution in [0.2, 0.25) is 0 Å². The van der Waals surface area contributed by atoms with Crippen molar-refractivity contribution in [1.82, 2.24) is 4.31 Å². The van der Waals surface area contributed by atoms with Gasteiger partial charge in [0.1, 0.15) is 5.75 Å². The Morgan fingerprint density at radius 2 is 2.00 bits per heavy atom. The van der Waals surface area contributed by atoms with Crippen LogP contribution in [0.4, 0.5) is 5.69 Å². The van der Waals surface area contributed by atoms with Crippen molar-refractivity contribution in [1.29, 1.82) is 0 Å². The number of nitrogens with zero attached hydrogens (tertiary/aromatic N) is 2. The number of methoxy groups -OCH3 is 1. The Labute approximate surface area is 114 Å². The van der Waals surface area contributed by atoms with Gasteiger partial charge in [0.25, 0.3) is 0 Å². The number of hydrogen-bond acceptors (Lipinski definition) is 4. The molecule has 19 heavy (non-hydrogen) atoms. The Kier molecular flexibility index (Phi) is 5.59. The third kappa shape index (κ3) is 3.82. The van der Waals surface area contributed by atoms with Crippen molar-refractivity contribution < 1.29 is 13.2 Å². The van der Waals surface area contributed by atoms with E-state index in [1.807, 2.05) is 0 Å². The van der Waals surface area contributed by atoms with Crippen molar-refractivity contribution in [3.8, 4) is 5.75 Å². The molecule has 0 saturated heterocycles. The predicted molar refractivity (Wildman–Crippen MR) is 76.6 cm³/mol. The zero-order valence-corrected chi connectivity index (χ0v) is 12.4. The lowest BCUT2D eigenvalue weighted by molar-refractivity contribution is 0.415. The predicted octanol–water partition coefficient (Wildman–Crippen LogP) is 0.657. The lowest BCUT2D eigenvalue weighted by Crippen LogP contribution is -2.41. The van der Waals surface area contributed by atoms with Gasteiger partial charge in [-0.15, -0.1) is 0 Å². The summed E-state index contributed by atoms with van der Waals surface area (Å²) in [6, 6.07) is 6.96. The Bertz CT molecular complexity index is 503. The van der Waals surface area contributed by atoms with E-state index < -0.39 is 10.2 Å². The number of nitrogens with two attached hydrogens (primary N) is 1. The van der Waals surface area contributed by atoms with Gasteiger partial charge in [-0.05, 0) is 25.1 Å². The smallest absolute Gasteiger partial charge is 0.303 e. The van der Waals surface area contributed by atoms with Crippen molar-refractivity contribution in [2.45, 2.75) is 6.42 Å². The molecule has 108 valence electrons. The van der Waals surface area contributed by atoms with Gasteiger partial charge in [-0.3, -0.25) is 4.31 Å². The van der Waals surface area contributed by atoms with Gasteiger partial charge in [0.2, 0.25) is 0 Å². The van der Waals surface area contributed by atoms with E-state index in [0.29, 0.717) is 30.9 Å². The van der Waals surface area contributed by atoms with E-state index in [0.717, 1.165) is 0 Å². The zero-order valence-electron chi connectivity index (χ0n) is 11.5. The van der Waals surface area contributed by atoms with Crippen LogP contribution in [-0.4, -0.2) is 47.0 Å². The van der Waals surface area contributed by atoms with Gasteiger partial charge < -0.3 is 10.5 Å². The molecule has 0 unspecified atom stereocenters. The van der Waals surface area contributed by atoms with Gasteiger partial charge in [0.05, 0.1) is 12.8 Å². The van der Waals surface area contributed by atoms with Crippen molar-refractivity contribution in [2.24, 2.45) is 5.73 Å². The summed E-state index contributed by atoms with van der Waals surface area (Å²) in [6.07, 6.45) is 0.588. The van der Waals surface area contributed by atoms with E-state index in [2.05, 4.69) is 0 Å². The second kappa shape index (κ2) is 6.74. The quantitative estimate of drug-likeness (QED) is 0.799. The molecule has 0 saturated carbocycles. The minimum Gasteiger partial charge on any atom is -0.497 e. The summed E-state index contributed by atoms with van der Waals surface area (Å²) >= 11 is 0. The fourth-order valence-electron chi connectivity index (χ4n) is 1.58. The molecule has 2 N–H and O–H groups in total. The first kappa shape index (κ1) is 15.7. The zero-order chi connectivity index (χ0) is 14.5. The van der Waals surface area contributed by atoms with Gasteiger partial charge in [-0.2, -0.15) is 12.7 Å². The van der Waals surface area contributed by atoms with Crippen LogP contribution in [0.5, 0.6) is 5.75 Å². The highest BCUT2D eigenvalue weighted by atomic mass is 32.2. The number of ether oxygens (including phenoxy) is 1. The van der Waals surface area contributed by atoms with Crippen LogP contribution in [0.3, 0.4) is 0 Å². The SMILES string of the molecule is COc1cccc(N(CCCN)S(=O)(=O)N(C)C)c1. The van der Waals surface area contributed by atoms with Gasteiger partial charge >= 0.3 is 10.2 Å². The first-order valence-electron chi connectivity index (χ1n) is 5.97. The molecular formula is C12H21N3O3S. The lowest BCUT2D eigenvalue weighted by atomic mass is 10.3. The summed E-state index contributed by atoms with van der Waals surface area (Å²) in [7, 11) is 1.02. The van der Waals surface area contributed by atoms with Gasteiger partial charge in [0, 0.05) is 26.7 Å². The largest absolute Gasteiger partial charge is 0.497 e. The minimum absolute atomic E-state index is 0.337. The molecule has 0 aliphatic carbocycles. The maximum atomic E-state index is 12.3. The molecule has 0 aliphatic rings. The minimum atomic E-state index is -3.53.